The summed E-state index contributed by atoms with van der Waals surface area (Å²) in [5, 5.41) is 7.80. The lowest BCUT2D eigenvalue weighted by Crippen LogP contribution is -2.05. The lowest BCUT2D eigenvalue weighted by molar-refractivity contribution is 1.03. The maximum Gasteiger partial charge on any atom is 0.304 e. The van der Waals surface area contributed by atoms with Crippen LogP contribution in [0, 0.1) is 0 Å². The van der Waals surface area contributed by atoms with Crippen molar-refractivity contribution in [3.63, 3.8) is 0 Å². The normalized spacial score (nSPS) is 10.1. The molecule has 6 nitrogen and oxygen atoms in total. The maximum atomic E-state index is 10.9. The molecule has 0 saturated heterocycles. The average Bonchev–Trinajstić information content (AvgIpc) is 2.73. The van der Waals surface area contributed by atoms with Crippen LogP contribution in [0.5, 0.6) is 0 Å². The van der Waals surface area contributed by atoms with Crippen molar-refractivity contribution < 1.29 is 0 Å². The molecule has 0 atom stereocenters. The summed E-state index contributed by atoms with van der Waals surface area (Å²) >= 11 is 1.15. The first-order chi connectivity index (χ1) is 7.78. The van der Waals surface area contributed by atoms with Gasteiger partial charge in [0.25, 0.3) is 0 Å². The molecule has 0 aliphatic carbocycles. The van der Waals surface area contributed by atoms with Crippen LogP contribution >= 0.6 is 11.3 Å². The summed E-state index contributed by atoms with van der Waals surface area (Å²) in [6, 6.07) is 1.80. The first kappa shape index (κ1) is 10.6. The molecule has 0 saturated carbocycles. The summed E-state index contributed by atoms with van der Waals surface area (Å²) in [6.07, 6.45) is 1.48. The van der Waals surface area contributed by atoms with E-state index in [0.29, 0.717) is 12.4 Å². The van der Waals surface area contributed by atoms with Crippen LogP contribution in [0.4, 0.5) is 11.6 Å². The van der Waals surface area contributed by atoms with Gasteiger partial charge in [-0.3, -0.25) is 4.79 Å². The fourth-order valence-electron chi connectivity index (χ4n) is 1.18. The minimum Gasteiger partial charge on any atom is -0.373 e. The molecule has 2 heterocycles. The van der Waals surface area contributed by atoms with E-state index in [1.54, 1.807) is 18.5 Å². The van der Waals surface area contributed by atoms with Gasteiger partial charge in [-0.05, 0) is 0 Å². The molecule has 2 aromatic rings. The smallest absolute Gasteiger partial charge is 0.304 e. The fraction of sp³-hybridized carbons (Fsp3) is 0.222. The Bertz CT molecular complexity index is 520. The molecule has 0 aromatic carbocycles. The molecule has 2 aromatic heterocycles. The molecular weight excluding hydrogens is 226 g/mol. The van der Waals surface area contributed by atoms with E-state index in [1.807, 2.05) is 0 Å². The van der Waals surface area contributed by atoms with Crippen LogP contribution in [0.25, 0.3) is 0 Å². The number of thiazole rings is 1. The van der Waals surface area contributed by atoms with Crippen LogP contribution in [0.3, 0.4) is 0 Å². The highest BCUT2D eigenvalue weighted by atomic mass is 32.1. The molecule has 16 heavy (non-hydrogen) atoms. The van der Waals surface area contributed by atoms with Crippen molar-refractivity contribution in [2.24, 2.45) is 0 Å². The molecule has 0 radical (unpaired) electrons. The van der Waals surface area contributed by atoms with E-state index in [-0.39, 0.29) is 4.87 Å². The molecule has 3 N–H and O–H groups in total. The Morgan fingerprint density at radius 1 is 1.44 bits per heavy atom. The van der Waals surface area contributed by atoms with Crippen molar-refractivity contribution >= 4 is 23.0 Å². The first-order valence-corrected chi connectivity index (χ1v) is 5.56. The largest absolute Gasteiger partial charge is 0.373 e. The van der Waals surface area contributed by atoms with Gasteiger partial charge < -0.3 is 15.6 Å². The molecular formula is C9H11N5OS. The lowest BCUT2D eigenvalue weighted by Gasteiger charge is -2.04. The van der Waals surface area contributed by atoms with Gasteiger partial charge in [-0.1, -0.05) is 11.3 Å². The second kappa shape index (κ2) is 4.75. The van der Waals surface area contributed by atoms with Crippen LogP contribution < -0.4 is 15.5 Å². The van der Waals surface area contributed by atoms with E-state index in [2.05, 4.69) is 25.6 Å². The van der Waals surface area contributed by atoms with Crippen molar-refractivity contribution in [3.8, 4) is 0 Å². The maximum absolute atomic E-state index is 10.9. The minimum absolute atomic E-state index is 0.0459. The number of H-pyrrole nitrogens is 1. The average molecular weight is 237 g/mol. The Morgan fingerprint density at radius 2 is 2.25 bits per heavy atom. The van der Waals surface area contributed by atoms with Crippen LogP contribution in [0.15, 0.2) is 22.6 Å². The Balaban J connectivity index is 2.01. The van der Waals surface area contributed by atoms with Gasteiger partial charge in [-0.15, -0.1) is 0 Å². The SMILES string of the molecule is CNc1cc(NCc2csc(=O)[nH]2)ncn1. The molecule has 0 bridgehead atoms. The van der Waals surface area contributed by atoms with Gasteiger partial charge in [0.2, 0.25) is 0 Å². The predicted molar refractivity (Wildman–Crippen MR) is 63.8 cm³/mol. The zero-order valence-electron chi connectivity index (χ0n) is 8.65. The van der Waals surface area contributed by atoms with E-state index in [1.165, 1.54) is 6.33 Å². The predicted octanol–water partition coefficient (Wildman–Crippen LogP) is 0.880. The van der Waals surface area contributed by atoms with Gasteiger partial charge in [0, 0.05) is 24.2 Å². The summed E-state index contributed by atoms with van der Waals surface area (Å²) < 4.78 is 0. The van der Waals surface area contributed by atoms with Crippen LogP contribution in [-0.2, 0) is 6.54 Å². The number of rotatable bonds is 4. The highest BCUT2D eigenvalue weighted by molar-refractivity contribution is 7.07. The Kier molecular flexibility index (Phi) is 3.16. The van der Waals surface area contributed by atoms with E-state index >= 15 is 0 Å². The summed E-state index contributed by atoms with van der Waals surface area (Å²) in [4.78, 5) is 21.6. The van der Waals surface area contributed by atoms with Crippen molar-refractivity contribution in [2.45, 2.75) is 6.54 Å². The van der Waals surface area contributed by atoms with Gasteiger partial charge in [-0.2, -0.15) is 0 Å². The Hall–Kier alpha value is -1.89. The molecule has 0 amide bonds. The minimum atomic E-state index is -0.0459. The monoisotopic (exact) mass is 237 g/mol. The van der Waals surface area contributed by atoms with Gasteiger partial charge in [0.1, 0.15) is 18.0 Å². The number of nitrogens with zero attached hydrogens (tertiary/aromatic N) is 2. The van der Waals surface area contributed by atoms with Gasteiger partial charge in [0.05, 0.1) is 6.54 Å². The summed E-state index contributed by atoms with van der Waals surface area (Å²) in [6.45, 7) is 0.541. The number of anilines is 2. The van der Waals surface area contributed by atoms with E-state index in [4.69, 9.17) is 0 Å². The first-order valence-electron chi connectivity index (χ1n) is 4.68. The van der Waals surface area contributed by atoms with E-state index < -0.39 is 0 Å². The highest BCUT2D eigenvalue weighted by Gasteiger charge is 1.99. The van der Waals surface area contributed by atoms with Crippen molar-refractivity contribution in [1.82, 2.24) is 15.0 Å². The zero-order valence-corrected chi connectivity index (χ0v) is 9.47. The molecule has 84 valence electrons. The van der Waals surface area contributed by atoms with E-state index in [0.717, 1.165) is 22.8 Å². The number of aromatic amines is 1. The summed E-state index contributed by atoms with van der Waals surface area (Å²) in [7, 11) is 1.79. The summed E-state index contributed by atoms with van der Waals surface area (Å²) in [5.74, 6) is 1.46. The summed E-state index contributed by atoms with van der Waals surface area (Å²) in [5.41, 5.74) is 0.847. The Morgan fingerprint density at radius 3 is 2.94 bits per heavy atom. The van der Waals surface area contributed by atoms with Gasteiger partial charge in [-0.25, -0.2) is 9.97 Å². The van der Waals surface area contributed by atoms with Crippen molar-refractivity contribution in [1.29, 1.82) is 0 Å². The molecule has 0 aliphatic rings. The third-order valence-electron chi connectivity index (χ3n) is 1.95. The standard InChI is InChI=1S/C9H11N5OS/c1-10-7-2-8(13-5-12-7)11-3-6-4-16-9(15)14-6/h2,4-5H,3H2,1H3,(H,14,15)(H2,10,11,12,13). The third-order valence-corrected chi connectivity index (χ3v) is 2.67. The zero-order chi connectivity index (χ0) is 11.4. The molecule has 0 unspecified atom stereocenters. The van der Waals surface area contributed by atoms with Crippen LogP contribution in [0.2, 0.25) is 0 Å². The second-order valence-corrected chi connectivity index (χ2v) is 3.91. The molecule has 0 spiro atoms. The topological polar surface area (TPSA) is 82.7 Å². The lowest BCUT2D eigenvalue weighted by atomic mass is 10.4. The van der Waals surface area contributed by atoms with Gasteiger partial charge >= 0.3 is 4.87 Å². The molecule has 0 aliphatic heterocycles. The van der Waals surface area contributed by atoms with Crippen molar-refractivity contribution in [3.05, 3.63) is 33.1 Å². The molecule has 7 heteroatoms. The number of hydrogen-bond acceptors (Lipinski definition) is 6. The Labute approximate surface area is 95.8 Å². The number of nitrogens with one attached hydrogen (secondary N) is 3. The fourth-order valence-corrected chi connectivity index (χ4v) is 1.76. The molecule has 0 fully saturated rings. The van der Waals surface area contributed by atoms with Gasteiger partial charge in [0.15, 0.2) is 0 Å². The van der Waals surface area contributed by atoms with E-state index in [9.17, 15) is 4.79 Å². The quantitative estimate of drug-likeness (QED) is 0.735. The van der Waals surface area contributed by atoms with Crippen LogP contribution in [0.1, 0.15) is 5.69 Å². The van der Waals surface area contributed by atoms with Crippen molar-refractivity contribution in [2.75, 3.05) is 17.7 Å². The third kappa shape index (κ3) is 2.57. The molecule has 2 rings (SSSR count). The van der Waals surface area contributed by atoms with Crippen LogP contribution in [-0.4, -0.2) is 22.0 Å². The number of aromatic nitrogens is 3. The second-order valence-electron chi connectivity index (χ2n) is 3.07. The number of hydrogen-bond donors (Lipinski definition) is 3. The highest BCUT2D eigenvalue weighted by Crippen LogP contribution is 2.08.